The predicted molar refractivity (Wildman–Crippen MR) is 72.7 cm³/mol. The minimum Gasteiger partial charge on any atom is -0.399 e. The molecule has 0 atom stereocenters. The Balaban J connectivity index is 3.37. The van der Waals surface area contributed by atoms with E-state index < -0.39 is 0 Å². The van der Waals surface area contributed by atoms with Gasteiger partial charge in [-0.05, 0) is 19.4 Å². The zero-order valence-electron chi connectivity index (χ0n) is 10.5. The molecule has 7 heteroatoms. The van der Waals surface area contributed by atoms with E-state index in [1.165, 1.54) is 14.2 Å². The number of rotatable bonds is 4. The van der Waals surface area contributed by atoms with E-state index in [4.69, 9.17) is 32.9 Å². The van der Waals surface area contributed by atoms with Crippen molar-refractivity contribution >= 4 is 34.6 Å². The number of pyridine rings is 1. The van der Waals surface area contributed by atoms with Crippen molar-refractivity contribution in [3.05, 3.63) is 27.5 Å². The van der Waals surface area contributed by atoms with Crippen LogP contribution in [0.3, 0.4) is 0 Å². The summed E-state index contributed by atoms with van der Waals surface area (Å²) in [6.07, 6.45) is 1.57. The molecule has 1 rings (SSSR count). The van der Waals surface area contributed by atoms with Crippen molar-refractivity contribution in [1.82, 2.24) is 4.98 Å². The Hall–Kier alpha value is -1.33. The summed E-state index contributed by atoms with van der Waals surface area (Å²) in [4.78, 5) is 13.5. The fraction of sp³-hybridized carbons (Fsp3) is 0.364. The minimum atomic E-state index is 0.246. The molecule has 18 heavy (non-hydrogen) atoms. The molecule has 98 valence electrons. The van der Waals surface area contributed by atoms with Crippen molar-refractivity contribution in [3.8, 4) is 0 Å². The molecule has 1 aromatic rings. The van der Waals surface area contributed by atoms with Crippen molar-refractivity contribution in [2.75, 3.05) is 14.2 Å². The molecule has 0 saturated carbocycles. The monoisotopic (exact) mass is 289 g/mol. The summed E-state index contributed by atoms with van der Waals surface area (Å²) >= 11 is 11.9. The smallest absolute Gasteiger partial charge is 0.147 e. The maximum atomic E-state index is 6.05. The number of hydrogen-bond acceptors (Lipinski definition) is 5. The fourth-order valence-corrected chi connectivity index (χ4v) is 1.71. The first-order valence-corrected chi connectivity index (χ1v) is 5.78. The van der Waals surface area contributed by atoms with Gasteiger partial charge in [0.2, 0.25) is 0 Å². The van der Waals surface area contributed by atoms with Crippen LogP contribution < -0.4 is 0 Å². The van der Waals surface area contributed by atoms with Crippen molar-refractivity contribution < 1.29 is 9.68 Å². The van der Waals surface area contributed by atoms with Crippen LogP contribution >= 0.6 is 23.2 Å². The standard InChI is InChI=1S/C11H13Cl2N3O2/c1-6-8(5-14-11(13)9(6)12)10(16-18-4)7(2)15-17-3/h5H,1-4H3. The SMILES string of the molecule is CON=C(C)C(=NOC)c1cnc(Cl)c(Cl)c1C. The Morgan fingerprint density at radius 1 is 1.22 bits per heavy atom. The first-order chi connectivity index (χ1) is 8.52. The third-order valence-corrected chi connectivity index (χ3v) is 3.08. The normalized spacial score (nSPS) is 12.6. The van der Waals surface area contributed by atoms with E-state index >= 15 is 0 Å². The Morgan fingerprint density at radius 3 is 2.39 bits per heavy atom. The minimum absolute atomic E-state index is 0.246. The molecule has 0 bridgehead atoms. The maximum absolute atomic E-state index is 6.05. The molecule has 0 aromatic carbocycles. The summed E-state index contributed by atoms with van der Waals surface area (Å²) < 4.78 is 0. The molecule has 0 aliphatic carbocycles. The molecule has 0 N–H and O–H groups in total. The van der Waals surface area contributed by atoms with Crippen LogP contribution in [0.15, 0.2) is 16.5 Å². The predicted octanol–water partition coefficient (Wildman–Crippen LogP) is 3.07. The lowest BCUT2D eigenvalue weighted by atomic mass is 10.0. The Morgan fingerprint density at radius 2 is 1.83 bits per heavy atom. The van der Waals surface area contributed by atoms with Crippen LogP contribution in [0.5, 0.6) is 0 Å². The number of nitrogens with zero attached hydrogens (tertiary/aromatic N) is 3. The lowest BCUT2D eigenvalue weighted by molar-refractivity contribution is 0.210. The molecular formula is C11H13Cl2N3O2. The second-order valence-electron chi connectivity index (χ2n) is 3.38. The van der Waals surface area contributed by atoms with Crippen LogP contribution in [-0.2, 0) is 9.68 Å². The summed E-state index contributed by atoms with van der Waals surface area (Å²) in [5, 5.41) is 8.35. The molecule has 0 saturated heterocycles. The number of hydrogen-bond donors (Lipinski definition) is 0. The average Bonchev–Trinajstić information content (AvgIpc) is 2.34. The van der Waals surface area contributed by atoms with Gasteiger partial charge in [-0.25, -0.2) is 4.98 Å². The second kappa shape index (κ2) is 6.56. The van der Waals surface area contributed by atoms with Crippen LogP contribution in [-0.4, -0.2) is 30.6 Å². The number of oxime groups is 2. The van der Waals surface area contributed by atoms with Gasteiger partial charge in [0.1, 0.15) is 30.8 Å². The summed E-state index contributed by atoms with van der Waals surface area (Å²) in [5.74, 6) is 0. The molecule has 0 aliphatic rings. The van der Waals surface area contributed by atoms with Gasteiger partial charge in [-0.3, -0.25) is 0 Å². The summed E-state index contributed by atoms with van der Waals surface area (Å²) in [7, 11) is 2.90. The second-order valence-corrected chi connectivity index (χ2v) is 4.12. The average molecular weight is 290 g/mol. The molecule has 0 aliphatic heterocycles. The first-order valence-electron chi connectivity index (χ1n) is 5.03. The summed E-state index contributed by atoms with van der Waals surface area (Å²) in [6, 6.07) is 0. The molecule has 5 nitrogen and oxygen atoms in total. The van der Waals surface area contributed by atoms with E-state index in [2.05, 4.69) is 15.3 Å². The summed E-state index contributed by atoms with van der Waals surface area (Å²) in [6.45, 7) is 3.56. The highest BCUT2D eigenvalue weighted by Crippen LogP contribution is 2.26. The van der Waals surface area contributed by atoms with Crippen LogP contribution in [0.1, 0.15) is 18.1 Å². The lowest BCUT2D eigenvalue weighted by Crippen LogP contribution is -2.15. The van der Waals surface area contributed by atoms with E-state index in [1.807, 2.05) is 6.92 Å². The van der Waals surface area contributed by atoms with Gasteiger partial charge in [0, 0.05) is 11.8 Å². The quantitative estimate of drug-likeness (QED) is 0.486. The summed E-state index contributed by atoms with van der Waals surface area (Å²) in [5.41, 5.74) is 2.47. The van der Waals surface area contributed by atoms with Gasteiger partial charge in [0.05, 0.1) is 5.02 Å². The van der Waals surface area contributed by atoms with Gasteiger partial charge < -0.3 is 9.68 Å². The lowest BCUT2D eigenvalue weighted by Gasteiger charge is -2.09. The molecule has 0 spiro atoms. The zero-order chi connectivity index (χ0) is 13.7. The highest BCUT2D eigenvalue weighted by molar-refractivity contribution is 6.48. The van der Waals surface area contributed by atoms with E-state index in [-0.39, 0.29) is 5.15 Å². The highest BCUT2D eigenvalue weighted by Gasteiger charge is 2.16. The molecule has 0 amide bonds. The van der Waals surface area contributed by atoms with Crippen molar-refractivity contribution in [2.45, 2.75) is 13.8 Å². The van der Waals surface area contributed by atoms with Crippen molar-refractivity contribution in [3.63, 3.8) is 0 Å². The van der Waals surface area contributed by atoms with Crippen molar-refractivity contribution in [2.24, 2.45) is 10.3 Å². The third-order valence-electron chi connectivity index (χ3n) is 2.23. The molecule has 0 fully saturated rings. The highest BCUT2D eigenvalue weighted by atomic mass is 35.5. The van der Waals surface area contributed by atoms with Crippen molar-refractivity contribution in [1.29, 1.82) is 0 Å². The Labute approximate surface area is 115 Å². The van der Waals surface area contributed by atoms with E-state index in [0.717, 1.165) is 5.56 Å². The van der Waals surface area contributed by atoms with Gasteiger partial charge in [0.15, 0.2) is 0 Å². The van der Waals surface area contributed by atoms with Crippen LogP contribution in [0.2, 0.25) is 10.2 Å². The van der Waals surface area contributed by atoms with Gasteiger partial charge in [-0.2, -0.15) is 0 Å². The number of halogens is 2. The molecule has 0 unspecified atom stereocenters. The maximum Gasteiger partial charge on any atom is 0.147 e. The molecule has 0 radical (unpaired) electrons. The third kappa shape index (κ3) is 3.11. The van der Waals surface area contributed by atoms with Gasteiger partial charge in [-0.1, -0.05) is 33.5 Å². The Bertz CT molecular complexity index is 501. The van der Waals surface area contributed by atoms with Gasteiger partial charge in [0.25, 0.3) is 0 Å². The molecule has 1 aromatic heterocycles. The molecular weight excluding hydrogens is 277 g/mol. The zero-order valence-corrected chi connectivity index (χ0v) is 12.0. The molecule has 1 heterocycles. The van der Waals surface area contributed by atoms with Crippen LogP contribution in [0.4, 0.5) is 0 Å². The first kappa shape index (κ1) is 14.7. The topological polar surface area (TPSA) is 56.1 Å². The largest absolute Gasteiger partial charge is 0.399 e. The number of aromatic nitrogens is 1. The van der Waals surface area contributed by atoms with Gasteiger partial charge >= 0.3 is 0 Å². The van der Waals surface area contributed by atoms with Gasteiger partial charge in [-0.15, -0.1) is 0 Å². The fourth-order valence-electron chi connectivity index (χ4n) is 1.37. The van der Waals surface area contributed by atoms with E-state index in [0.29, 0.717) is 22.0 Å². The van der Waals surface area contributed by atoms with Crippen LogP contribution in [0.25, 0.3) is 0 Å². The Kier molecular flexibility index (Phi) is 5.37. The van der Waals surface area contributed by atoms with E-state index in [9.17, 15) is 0 Å². The van der Waals surface area contributed by atoms with Crippen LogP contribution in [0, 0.1) is 6.92 Å². The van der Waals surface area contributed by atoms with E-state index in [1.54, 1.807) is 13.1 Å².